The zero-order chi connectivity index (χ0) is 21.6. The molecule has 0 radical (unpaired) electrons. The van der Waals surface area contributed by atoms with E-state index in [4.69, 9.17) is 4.74 Å². The van der Waals surface area contributed by atoms with Crippen molar-refractivity contribution in [1.29, 1.82) is 0 Å². The summed E-state index contributed by atoms with van der Waals surface area (Å²) in [6, 6.07) is 9.71. The minimum atomic E-state index is -0.728. The number of ketones is 1. The number of carbonyl (C=O) groups excluding carboxylic acids is 1. The van der Waals surface area contributed by atoms with Gasteiger partial charge in [0.15, 0.2) is 11.6 Å². The van der Waals surface area contributed by atoms with Crippen molar-refractivity contribution in [2.45, 2.75) is 32.3 Å². The van der Waals surface area contributed by atoms with Crippen molar-refractivity contribution >= 4 is 22.9 Å². The molecule has 1 saturated heterocycles. The third-order valence-electron chi connectivity index (χ3n) is 5.26. The van der Waals surface area contributed by atoms with Gasteiger partial charge in [0.05, 0.1) is 6.42 Å². The third-order valence-corrected chi connectivity index (χ3v) is 6.21. The predicted octanol–water partition coefficient (Wildman–Crippen LogP) is 3.43. The highest BCUT2D eigenvalue weighted by molar-refractivity contribution is 7.11. The van der Waals surface area contributed by atoms with Crippen molar-refractivity contribution in [3.8, 4) is 0 Å². The van der Waals surface area contributed by atoms with Gasteiger partial charge in [0, 0.05) is 32.3 Å². The van der Waals surface area contributed by atoms with Crippen LogP contribution >= 0.6 is 11.3 Å². The van der Waals surface area contributed by atoms with E-state index in [0.29, 0.717) is 23.1 Å². The molecule has 162 valence electrons. The summed E-state index contributed by atoms with van der Waals surface area (Å²) in [5.74, 6) is 0.918. The molecule has 0 bridgehead atoms. The van der Waals surface area contributed by atoms with E-state index in [2.05, 4.69) is 25.3 Å². The SMILES string of the molecule is CCO[C@H](C(=O)Cc1nnc(C[C@@H]2CCN(c3cccnn3)C2)s1)c1ccc(F)cc1. The van der Waals surface area contributed by atoms with Gasteiger partial charge in [-0.1, -0.05) is 12.1 Å². The lowest BCUT2D eigenvalue weighted by Gasteiger charge is -2.16. The number of anilines is 1. The van der Waals surface area contributed by atoms with Gasteiger partial charge in [-0.05, 0) is 49.1 Å². The molecule has 31 heavy (non-hydrogen) atoms. The molecule has 0 unspecified atom stereocenters. The normalized spacial score (nSPS) is 17.1. The van der Waals surface area contributed by atoms with Crippen molar-refractivity contribution in [3.63, 3.8) is 0 Å². The highest BCUT2D eigenvalue weighted by Gasteiger charge is 2.26. The Labute approximate surface area is 184 Å². The number of hydrogen-bond acceptors (Lipinski definition) is 8. The molecule has 1 aliphatic rings. The molecule has 2 aromatic heterocycles. The van der Waals surface area contributed by atoms with Gasteiger partial charge < -0.3 is 9.64 Å². The third kappa shape index (κ3) is 5.48. The van der Waals surface area contributed by atoms with Crippen LogP contribution < -0.4 is 4.90 Å². The van der Waals surface area contributed by atoms with Crippen LogP contribution in [0.25, 0.3) is 0 Å². The second-order valence-electron chi connectivity index (χ2n) is 7.51. The van der Waals surface area contributed by atoms with Crippen molar-refractivity contribution < 1.29 is 13.9 Å². The standard InChI is InChI=1S/C22H24FN5O2S/c1-2-30-22(16-5-7-17(23)8-6-16)18(29)13-21-27-26-20(31-21)12-15-9-11-28(14-15)19-4-3-10-24-25-19/h3-8,10,15,22H,2,9,11-14H2,1H3/t15-,22-/m0/s1. The van der Waals surface area contributed by atoms with E-state index in [-0.39, 0.29) is 18.0 Å². The van der Waals surface area contributed by atoms with Crippen LogP contribution in [0.1, 0.15) is 35.0 Å². The lowest BCUT2D eigenvalue weighted by molar-refractivity contribution is -0.130. The topological polar surface area (TPSA) is 81.1 Å². The number of Topliss-reactive ketones (excluding diaryl/α,β-unsaturated/α-hetero) is 1. The predicted molar refractivity (Wildman–Crippen MR) is 115 cm³/mol. The average molecular weight is 442 g/mol. The maximum atomic E-state index is 13.2. The van der Waals surface area contributed by atoms with Gasteiger partial charge in [0.1, 0.15) is 21.9 Å². The van der Waals surface area contributed by atoms with Crippen LogP contribution in [0.4, 0.5) is 10.2 Å². The summed E-state index contributed by atoms with van der Waals surface area (Å²) in [6.07, 6.45) is 2.98. The molecule has 0 spiro atoms. The smallest absolute Gasteiger partial charge is 0.172 e. The Balaban J connectivity index is 1.35. The molecular weight excluding hydrogens is 417 g/mol. The molecule has 1 fully saturated rings. The van der Waals surface area contributed by atoms with Gasteiger partial charge in [-0.2, -0.15) is 5.10 Å². The molecule has 9 heteroatoms. The van der Waals surface area contributed by atoms with Gasteiger partial charge in [-0.3, -0.25) is 4.79 Å². The van der Waals surface area contributed by atoms with Crippen molar-refractivity contribution in [3.05, 3.63) is 64.0 Å². The molecule has 3 heterocycles. The summed E-state index contributed by atoms with van der Waals surface area (Å²) in [6.45, 7) is 4.07. The fourth-order valence-corrected chi connectivity index (χ4v) is 4.75. The van der Waals surface area contributed by atoms with Gasteiger partial charge in [0.25, 0.3) is 0 Å². The van der Waals surface area contributed by atoms with Crippen LogP contribution in [0.2, 0.25) is 0 Å². The molecule has 0 N–H and O–H groups in total. The molecule has 2 atom stereocenters. The van der Waals surface area contributed by atoms with Crippen molar-refractivity contribution in [1.82, 2.24) is 20.4 Å². The maximum absolute atomic E-state index is 13.2. The first-order valence-corrected chi connectivity index (χ1v) is 11.2. The van der Waals surface area contributed by atoms with Crippen LogP contribution in [0.15, 0.2) is 42.6 Å². The molecule has 1 aliphatic heterocycles. The quantitative estimate of drug-likeness (QED) is 0.503. The summed E-state index contributed by atoms with van der Waals surface area (Å²) in [5, 5.41) is 18.3. The number of rotatable bonds is 9. The van der Waals surface area contributed by atoms with E-state index in [1.807, 2.05) is 19.1 Å². The summed E-state index contributed by atoms with van der Waals surface area (Å²) < 4.78 is 18.9. The number of benzene rings is 1. The summed E-state index contributed by atoms with van der Waals surface area (Å²) in [4.78, 5) is 15.1. The molecule has 0 saturated carbocycles. The Morgan fingerprint density at radius 1 is 1.23 bits per heavy atom. The number of carbonyl (C=O) groups is 1. The van der Waals surface area contributed by atoms with Crippen LogP contribution in [0, 0.1) is 11.7 Å². The van der Waals surface area contributed by atoms with Gasteiger partial charge in [0.2, 0.25) is 0 Å². The van der Waals surface area contributed by atoms with E-state index in [0.717, 1.165) is 36.8 Å². The highest BCUT2D eigenvalue weighted by Crippen LogP contribution is 2.27. The first-order chi connectivity index (χ1) is 15.1. The molecular formula is C22H24FN5O2S. The number of ether oxygens (including phenoxy) is 1. The Hall–Kier alpha value is -2.78. The van der Waals surface area contributed by atoms with E-state index in [1.54, 1.807) is 18.3 Å². The lowest BCUT2D eigenvalue weighted by Crippen LogP contribution is -2.21. The number of hydrogen-bond donors (Lipinski definition) is 0. The van der Waals surface area contributed by atoms with Crippen LogP contribution in [0.3, 0.4) is 0 Å². The van der Waals surface area contributed by atoms with Crippen LogP contribution in [-0.4, -0.2) is 45.9 Å². The molecule has 7 nitrogen and oxygen atoms in total. The summed E-state index contributed by atoms with van der Waals surface area (Å²) in [5.41, 5.74) is 0.646. The first-order valence-electron chi connectivity index (χ1n) is 10.4. The van der Waals surface area contributed by atoms with Gasteiger partial charge in [-0.25, -0.2) is 4.39 Å². The van der Waals surface area contributed by atoms with Crippen molar-refractivity contribution in [2.24, 2.45) is 5.92 Å². The van der Waals surface area contributed by atoms with Crippen molar-refractivity contribution in [2.75, 3.05) is 24.6 Å². The zero-order valence-corrected chi connectivity index (χ0v) is 18.1. The Bertz CT molecular complexity index is 999. The second kappa shape index (κ2) is 10.0. The average Bonchev–Trinajstić information content (AvgIpc) is 3.43. The Morgan fingerprint density at radius 2 is 2.03 bits per heavy atom. The maximum Gasteiger partial charge on any atom is 0.172 e. The summed E-state index contributed by atoms with van der Waals surface area (Å²) in [7, 11) is 0. The molecule has 0 amide bonds. The summed E-state index contributed by atoms with van der Waals surface area (Å²) >= 11 is 1.47. The van der Waals surface area contributed by atoms with E-state index < -0.39 is 6.10 Å². The van der Waals surface area contributed by atoms with Crippen LogP contribution in [-0.2, 0) is 22.4 Å². The highest BCUT2D eigenvalue weighted by atomic mass is 32.1. The first kappa shape index (κ1) is 21.5. The molecule has 0 aliphatic carbocycles. The van der Waals surface area contributed by atoms with E-state index >= 15 is 0 Å². The Kier molecular flexibility index (Phi) is 6.93. The minimum Gasteiger partial charge on any atom is -0.366 e. The van der Waals surface area contributed by atoms with Crippen LogP contribution in [0.5, 0.6) is 0 Å². The molecule has 1 aromatic carbocycles. The van der Waals surface area contributed by atoms with E-state index in [1.165, 1.54) is 23.5 Å². The minimum absolute atomic E-state index is 0.106. The number of nitrogens with zero attached hydrogens (tertiary/aromatic N) is 5. The fraction of sp³-hybridized carbons (Fsp3) is 0.409. The van der Waals surface area contributed by atoms with E-state index in [9.17, 15) is 9.18 Å². The largest absolute Gasteiger partial charge is 0.366 e. The molecule has 3 aromatic rings. The lowest BCUT2D eigenvalue weighted by atomic mass is 10.0. The van der Waals surface area contributed by atoms with Gasteiger partial charge in [-0.15, -0.1) is 26.6 Å². The second-order valence-corrected chi connectivity index (χ2v) is 8.65. The molecule has 4 rings (SSSR count). The van der Waals surface area contributed by atoms with Gasteiger partial charge >= 0.3 is 0 Å². The monoisotopic (exact) mass is 441 g/mol. The zero-order valence-electron chi connectivity index (χ0n) is 17.3. The number of aromatic nitrogens is 4. The fourth-order valence-electron chi connectivity index (χ4n) is 3.78. The number of halogens is 1. The Morgan fingerprint density at radius 3 is 2.77 bits per heavy atom.